The van der Waals surface area contributed by atoms with E-state index in [2.05, 4.69) is 34.0 Å². The number of rotatable bonds is 4. The molecule has 17 heavy (non-hydrogen) atoms. The highest BCUT2D eigenvalue weighted by atomic mass is 15.2. The predicted molar refractivity (Wildman–Crippen MR) is 70.1 cm³/mol. The molecule has 0 bridgehead atoms. The molecule has 1 fully saturated rings. The summed E-state index contributed by atoms with van der Waals surface area (Å²) in [6, 6.07) is 0.663. The molecule has 2 rings (SSSR count). The van der Waals surface area contributed by atoms with E-state index >= 15 is 0 Å². The molecule has 0 amide bonds. The van der Waals surface area contributed by atoms with Gasteiger partial charge < -0.3 is 10.2 Å². The Morgan fingerprint density at radius 1 is 1.41 bits per heavy atom. The first kappa shape index (κ1) is 12.3. The van der Waals surface area contributed by atoms with Crippen LogP contribution in [0.15, 0.2) is 12.4 Å². The van der Waals surface area contributed by atoms with Crippen molar-refractivity contribution in [2.45, 2.75) is 33.2 Å². The molecule has 1 aromatic heterocycles. The third-order valence-electron chi connectivity index (χ3n) is 3.38. The smallest absolute Gasteiger partial charge is 0.222 e. The van der Waals surface area contributed by atoms with Crippen molar-refractivity contribution in [3.63, 3.8) is 0 Å². The van der Waals surface area contributed by atoms with E-state index < -0.39 is 0 Å². The Morgan fingerprint density at radius 2 is 2.12 bits per heavy atom. The van der Waals surface area contributed by atoms with Crippen molar-refractivity contribution >= 4 is 5.95 Å². The third kappa shape index (κ3) is 3.40. The van der Waals surface area contributed by atoms with Crippen LogP contribution in [-0.4, -0.2) is 40.5 Å². The molecule has 0 aromatic carbocycles. The summed E-state index contributed by atoms with van der Waals surface area (Å²) in [7, 11) is 0. The number of anilines is 1. The van der Waals surface area contributed by atoms with Gasteiger partial charge in [0, 0.05) is 31.5 Å². The lowest BCUT2D eigenvalue weighted by Gasteiger charge is -2.20. The molecule has 2 heterocycles. The summed E-state index contributed by atoms with van der Waals surface area (Å²) < 4.78 is 0. The Labute approximate surface area is 103 Å². The zero-order valence-corrected chi connectivity index (χ0v) is 11.0. The molecule has 1 unspecified atom stereocenters. The second kappa shape index (κ2) is 5.45. The van der Waals surface area contributed by atoms with Crippen molar-refractivity contribution in [2.75, 3.05) is 25.0 Å². The summed E-state index contributed by atoms with van der Waals surface area (Å²) in [4.78, 5) is 11.0. The van der Waals surface area contributed by atoms with Gasteiger partial charge in [0.05, 0.1) is 0 Å². The Hall–Kier alpha value is -1.16. The van der Waals surface area contributed by atoms with Gasteiger partial charge in [0.1, 0.15) is 0 Å². The maximum atomic E-state index is 4.26. The lowest BCUT2D eigenvalue weighted by Crippen LogP contribution is -2.29. The van der Waals surface area contributed by atoms with Gasteiger partial charge in [-0.15, -0.1) is 0 Å². The van der Waals surface area contributed by atoms with Gasteiger partial charge in [-0.05, 0) is 45.2 Å². The fourth-order valence-electron chi connectivity index (χ4n) is 2.22. The number of hydrogen-bond acceptors (Lipinski definition) is 4. The summed E-state index contributed by atoms with van der Waals surface area (Å²) in [5.41, 5.74) is 1.10. The first-order valence-electron chi connectivity index (χ1n) is 6.41. The van der Waals surface area contributed by atoms with Gasteiger partial charge in [0.15, 0.2) is 0 Å². The van der Waals surface area contributed by atoms with Crippen molar-refractivity contribution in [2.24, 2.45) is 5.92 Å². The van der Waals surface area contributed by atoms with Gasteiger partial charge in [-0.1, -0.05) is 0 Å². The molecule has 0 saturated carbocycles. The number of likely N-dealkylation sites (tertiary alicyclic amines) is 1. The molecule has 1 aliphatic heterocycles. The van der Waals surface area contributed by atoms with Crippen molar-refractivity contribution in [3.05, 3.63) is 18.0 Å². The molecule has 1 aliphatic rings. The fourth-order valence-corrected chi connectivity index (χ4v) is 2.22. The molecule has 1 aromatic rings. The van der Waals surface area contributed by atoms with Gasteiger partial charge >= 0.3 is 0 Å². The van der Waals surface area contributed by atoms with Crippen LogP contribution >= 0.6 is 0 Å². The van der Waals surface area contributed by atoms with Crippen LogP contribution < -0.4 is 5.32 Å². The Balaban J connectivity index is 1.78. The Bertz CT molecular complexity index is 347. The van der Waals surface area contributed by atoms with Crippen molar-refractivity contribution in [1.29, 1.82) is 0 Å². The average molecular weight is 234 g/mol. The van der Waals surface area contributed by atoms with E-state index in [1.54, 1.807) is 0 Å². The number of nitrogens with one attached hydrogen (secondary N) is 1. The first-order valence-corrected chi connectivity index (χ1v) is 6.41. The van der Waals surface area contributed by atoms with Crippen LogP contribution in [-0.2, 0) is 0 Å². The van der Waals surface area contributed by atoms with Crippen molar-refractivity contribution in [1.82, 2.24) is 14.9 Å². The van der Waals surface area contributed by atoms with Crippen LogP contribution in [0.3, 0.4) is 0 Å². The van der Waals surface area contributed by atoms with E-state index in [4.69, 9.17) is 0 Å². The molecule has 1 atom stereocenters. The lowest BCUT2D eigenvalue weighted by molar-refractivity contribution is 0.266. The molecule has 0 radical (unpaired) electrons. The van der Waals surface area contributed by atoms with Gasteiger partial charge in [-0.3, -0.25) is 0 Å². The quantitative estimate of drug-likeness (QED) is 0.864. The second-order valence-corrected chi connectivity index (χ2v) is 5.21. The molecule has 1 N–H and O–H groups in total. The maximum Gasteiger partial charge on any atom is 0.222 e. The zero-order chi connectivity index (χ0) is 12.3. The molecule has 1 saturated heterocycles. The predicted octanol–water partition coefficient (Wildman–Crippen LogP) is 1.93. The molecular formula is C13H22N4. The molecule has 0 aliphatic carbocycles. The van der Waals surface area contributed by atoms with Crippen LogP contribution in [0.5, 0.6) is 0 Å². The first-order chi connectivity index (χ1) is 8.15. The normalized spacial score (nSPS) is 21.1. The summed E-state index contributed by atoms with van der Waals surface area (Å²) in [5, 5.41) is 3.32. The Morgan fingerprint density at radius 3 is 2.71 bits per heavy atom. The molecule has 4 nitrogen and oxygen atoms in total. The highest BCUT2D eigenvalue weighted by Crippen LogP contribution is 2.18. The van der Waals surface area contributed by atoms with Crippen LogP contribution in [0.25, 0.3) is 0 Å². The summed E-state index contributed by atoms with van der Waals surface area (Å²) >= 11 is 0. The minimum Gasteiger partial charge on any atom is -0.354 e. The molecule has 0 spiro atoms. The highest BCUT2D eigenvalue weighted by Gasteiger charge is 2.23. The van der Waals surface area contributed by atoms with Gasteiger partial charge in [-0.25, -0.2) is 9.97 Å². The number of hydrogen-bond donors (Lipinski definition) is 1. The minimum atomic E-state index is 0.663. The highest BCUT2D eigenvalue weighted by molar-refractivity contribution is 5.24. The standard InChI is InChI=1S/C13H22N4/c1-10(2)17-5-4-12(9-17)8-16-13-14-6-11(3)7-15-13/h6-7,10,12H,4-5,8-9H2,1-3H3,(H,14,15,16). The fraction of sp³-hybridized carbons (Fsp3) is 0.692. The van der Waals surface area contributed by atoms with Gasteiger partial charge in [0.2, 0.25) is 5.95 Å². The van der Waals surface area contributed by atoms with Crippen LogP contribution in [0, 0.1) is 12.8 Å². The topological polar surface area (TPSA) is 41.1 Å². The van der Waals surface area contributed by atoms with Crippen molar-refractivity contribution in [3.8, 4) is 0 Å². The van der Waals surface area contributed by atoms with E-state index in [-0.39, 0.29) is 0 Å². The monoisotopic (exact) mass is 234 g/mol. The van der Waals surface area contributed by atoms with Gasteiger partial charge in [0.25, 0.3) is 0 Å². The zero-order valence-electron chi connectivity index (χ0n) is 11.0. The van der Waals surface area contributed by atoms with Crippen molar-refractivity contribution < 1.29 is 0 Å². The van der Waals surface area contributed by atoms with E-state index in [1.165, 1.54) is 19.5 Å². The summed E-state index contributed by atoms with van der Waals surface area (Å²) in [6.07, 6.45) is 4.98. The average Bonchev–Trinajstić information content (AvgIpc) is 2.77. The number of aryl methyl sites for hydroxylation is 1. The molecule has 4 heteroatoms. The molecule has 94 valence electrons. The SMILES string of the molecule is Cc1cnc(NCC2CCN(C(C)C)C2)nc1. The summed E-state index contributed by atoms with van der Waals surface area (Å²) in [6.45, 7) is 9.92. The van der Waals surface area contributed by atoms with E-state index in [9.17, 15) is 0 Å². The van der Waals surface area contributed by atoms with Crippen LogP contribution in [0.4, 0.5) is 5.95 Å². The van der Waals surface area contributed by atoms with Crippen LogP contribution in [0.1, 0.15) is 25.8 Å². The maximum absolute atomic E-state index is 4.26. The van der Waals surface area contributed by atoms with E-state index in [0.717, 1.165) is 24.0 Å². The third-order valence-corrected chi connectivity index (χ3v) is 3.38. The molecular weight excluding hydrogens is 212 g/mol. The van der Waals surface area contributed by atoms with Gasteiger partial charge in [-0.2, -0.15) is 0 Å². The van der Waals surface area contributed by atoms with E-state index in [0.29, 0.717) is 6.04 Å². The minimum absolute atomic E-state index is 0.663. The van der Waals surface area contributed by atoms with E-state index in [1.807, 2.05) is 19.3 Å². The van der Waals surface area contributed by atoms with Crippen LogP contribution in [0.2, 0.25) is 0 Å². The lowest BCUT2D eigenvalue weighted by atomic mass is 10.1. The summed E-state index contributed by atoms with van der Waals surface area (Å²) in [5.74, 6) is 1.47. The Kier molecular flexibility index (Phi) is 3.94. The number of nitrogens with zero attached hydrogens (tertiary/aromatic N) is 3. The second-order valence-electron chi connectivity index (χ2n) is 5.21. The largest absolute Gasteiger partial charge is 0.354 e. The number of aromatic nitrogens is 2.